The van der Waals surface area contributed by atoms with Crippen molar-refractivity contribution in [2.24, 2.45) is 0 Å². The average Bonchev–Trinajstić information content (AvgIpc) is 2.17. The van der Waals surface area contributed by atoms with Gasteiger partial charge in [-0.25, -0.2) is 0 Å². The highest BCUT2D eigenvalue weighted by Crippen LogP contribution is 2.34. The van der Waals surface area contributed by atoms with Crippen molar-refractivity contribution in [1.29, 1.82) is 0 Å². The zero-order chi connectivity index (χ0) is 10.7. The van der Waals surface area contributed by atoms with Crippen molar-refractivity contribution in [1.82, 2.24) is 0 Å². The zero-order valence-electron chi connectivity index (χ0n) is 7.06. The van der Waals surface area contributed by atoms with Crippen LogP contribution in [-0.4, -0.2) is 16.6 Å². The molecule has 0 aliphatic rings. The Bertz CT molecular complexity index is 371. The number of rotatable bonds is 3. The molecule has 0 spiro atoms. The normalized spacial score (nSPS) is 9.93. The number of nitro groups is 1. The van der Waals surface area contributed by atoms with Gasteiger partial charge >= 0.3 is 0 Å². The summed E-state index contributed by atoms with van der Waals surface area (Å²) in [6.07, 6.45) is 0. The molecule has 0 amide bonds. The van der Waals surface area contributed by atoms with Crippen molar-refractivity contribution in [2.75, 3.05) is 7.11 Å². The van der Waals surface area contributed by atoms with Gasteiger partial charge in [0, 0.05) is 24.2 Å². The number of ether oxygens (including phenoxy) is 1. The van der Waals surface area contributed by atoms with E-state index in [9.17, 15) is 10.1 Å². The number of hydrogen-bond donors (Lipinski definition) is 1. The largest absolute Gasteiger partial charge is 0.496 e. The molecule has 0 aromatic heterocycles. The second kappa shape index (κ2) is 4.80. The summed E-state index contributed by atoms with van der Waals surface area (Å²) in [5, 5.41) is 10.6. The highest BCUT2D eigenvalue weighted by atomic mass is 127. The smallest absolute Gasteiger partial charge is 0.286 e. The third-order valence-corrected chi connectivity index (χ3v) is 2.90. The average molecular weight is 327 g/mol. The van der Waals surface area contributed by atoms with Crippen LogP contribution in [0, 0.1) is 13.7 Å². The van der Waals surface area contributed by atoms with Crippen molar-refractivity contribution in [3.05, 3.63) is 25.8 Å². The maximum Gasteiger partial charge on any atom is 0.286 e. The number of halogens is 1. The monoisotopic (exact) mass is 327 g/mol. The highest BCUT2D eigenvalue weighted by molar-refractivity contribution is 14.1. The molecule has 1 aromatic rings. The van der Waals surface area contributed by atoms with Crippen molar-refractivity contribution in [3.8, 4) is 5.75 Å². The van der Waals surface area contributed by atoms with Crippen LogP contribution in [0.5, 0.6) is 5.75 Å². The molecular weight excluding hydrogens is 321 g/mol. The Morgan fingerprint density at radius 1 is 1.64 bits per heavy atom. The van der Waals surface area contributed by atoms with Gasteiger partial charge < -0.3 is 9.29 Å². The summed E-state index contributed by atoms with van der Waals surface area (Å²) < 4.78 is 14.4. The first kappa shape index (κ1) is 11.5. The number of benzene rings is 1. The van der Waals surface area contributed by atoms with E-state index in [2.05, 4.69) is 0 Å². The molecule has 0 aliphatic carbocycles. The van der Waals surface area contributed by atoms with Gasteiger partial charge in [0.25, 0.3) is 5.69 Å². The van der Waals surface area contributed by atoms with Gasteiger partial charge in [0.15, 0.2) is 0 Å². The van der Waals surface area contributed by atoms with E-state index in [0.29, 0.717) is 21.4 Å². The molecule has 76 valence electrons. The third kappa shape index (κ3) is 2.28. The number of nitrogens with zero attached hydrogens (tertiary/aromatic N) is 1. The Kier molecular flexibility index (Phi) is 3.96. The Morgan fingerprint density at radius 3 is 2.71 bits per heavy atom. The minimum Gasteiger partial charge on any atom is -0.496 e. The summed E-state index contributed by atoms with van der Waals surface area (Å²) in [5.41, 5.74) is -0.122. The van der Waals surface area contributed by atoms with Gasteiger partial charge in [0.2, 0.25) is 0 Å². The van der Waals surface area contributed by atoms with E-state index in [0.717, 1.165) is 0 Å². The maximum absolute atomic E-state index is 10.6. The van der Waals surface area contributed by atoms with E-state index in [4.69, 9.17) is 9.29 Å². The quantitative estimate of drug-likeness (QED) is 0.400. The van der Waals surface area contributed by atoms with Crippen LogP contribution in [0.3, 0.4) is 0 Å². The fourth-order valence-corrected chi connectivity index (χ4v) is 1.95. The molecule has 1 rings (SSSR count). The van der Waals surface area contributed by atoms with Crippen molar-refractivity contribution in [3.63, 3.8) is 0 Å². The van der Waals surface area contributed by atoms with Crippen LogP contribution in [-0.2, 0) is 0 Å². The van der Waals surface area contributed by atoms with Crippen molar-refractivity contribution < 1.29 is 14.2 Å². The van der Waals surface area contributed by atoms with E-state index in [1.165, 1.54) is 19.2 Å². The lowest BCUT2D eigenvalue weighted by Gasteiger charge is -2.05. The molecular formula is C7H6INO4S. The van der Waals surface area contributed by atoms with Crippen LogP contribution in [0.4, 0.5) is 5.69 Å². The summed E-state index contributed by atoms with van der Waals surface area (Å²) in [6.45, 7) is 0. The minimum atomic E-state index is -0.542. The van der Waals surface area contributed by atoms with Gasteiger partial charge in [-0.3, -0.25) is 10.1 Å². The minimum absolute atomic E-state index is 0.122. The van der Waals surface area contributed by atoms with Crippen LogP contribution >= 0.6 is 34.6 Å². The molecule has 7 heteroatoms. The molecule has 0 saturated carbocycles. The second-order valence-corrected chi connectivity index (χ2v) is 4.09. The molecule has 0 unspecified atom stereocenters. The summed E-state index contributed by atoms with van der Waals surface area (Å²) in [4.78, 5) is 10.2. The number of nitro benzene ring substituents is 1. The summed E-state index contributed by atoms with van der Waals surface area (Å²) in [6, 6.07) is 2.79. The van der Waals surface area contributed by atoms with Crippen LogP contribution in [0.2, 0.25) is 0 Å². The summed E-state index contributed by atoms with van der Waals surface area (Å²) in [5.74, 6) is 0.507. The molecule has 0 saturated heterocycles. The molecule has 0 radical (unpaired) electrons. The Balaban J connectivity index is 3.31. The molecule has 1 N–H and O–H groups in total. The van der Waals surface area contributed by atoms with Gasteiger partial charge in [0.1, 0.15) is 10.6 Å². The lowest BCUT2D eigenvalue weighted by atomic mass is 10.3. The fourth-order valence-electron chi connectivity index (χ4n) is 0.896. The summed E-state index contributed by atoms with van der Waals surface area (Å²) >= 11 is 2.27. The number of hydrogen-bond acceptors (Lipinski definition) is 5. The Labute approximate surface area is 98.0 Å². The molecule has 1 aromatic carbocycles. The number of methoxy groups -OCH3 is 1. The predicted octanol–water partition coefficient (Wildman–Crippen LogP) is 2.77. The van der Waals surface area contributed by atoms with E-state index in [1.807, 2.05) is 22.6 Å². The first-order valence-corrected chi connectivity index (χ1v) is 5.28. The topological polar surface area (TPSA) is 72.6 Å². The fraction of sp³-hybridized carbons (Fsp3) is 0.143. The van der Waals surface area contributed by atoms with E-state index < -0.39 is 4.92 Å². The van der Waals surface area contributed by atoms with Gasteiger partial charge in [-0.05, 0) is 22.6 Å². The molecule has 0 bridgehead atoms. The van der Waals surface area contributed by atoms with Gasteiger partial charge in [-0.2, -0.15) is 0 Å². The van der Waals surface area contributed by atoms with E-state index in [1.54, 1.807) is 0 Å². The maximum atomic E-state index is 10.6. The molecule has 14 heavy (non-hydrogen) atoms. The molecule has 0 aliphatic heterocycles. The van der Waals surface area contributed by atoms with E-state index >= 15 is 0 Å². The van der Waals surface area contributed by atoms with Crippen molar-refractivity contribution in [2.45, 2.75) is 4.90 Å². The van der Waals surface area contributed by atoms with Crippen LogP contribution in [0.1, 0.15) is 0 Å². The molecule has 0 heterocycles. The van der Waals surface area contributed by atoms with Crippen LogP contribution in [0.25, 0.3) is 0 Å². The van der Waals surface area contributed by atoms with Gasteiger partial charge in [0.05, 0.1) is 15.6 Å². The Hall–Kier alpha value is -0.540. The standard InChI is InChI=1S/C7H6INO4S/c1-13-6-3-7(14-12)5(9(10)11)2-4(6)8/h2-3,12H,1H3. The molecule has 0 fully saturated rings. The first-order chi connectivity index (χ1) is 6.60. The first-order valence-electron chi connectivity index (χ1n) is 3.43. The van der Waals surface area contributed by atoms with Crippen molar-refractivity contribution >= 4 is 40.3 Å². The third-order valence-electron chi connectivity index (χ3n) is 1.53. The highest BCUT2D eigenvalue weighted by Gasteiger charge is 2.17. The van der Waals surface area contributed by atoms with E-state index in [-0.39, 0.29) is 10.6 Å². The zero-order valence-corrected chi connectivity index (χ0v) is 10.0. The van der Waals surface area contributed by atoms with Gasteiger partial charge in [-0.15, -0.1) is 0 Å². The summed E-state index contributed by atoms with van der Waals surface area (Å²) in [7, 11) is 1.47. The lowest BCUT2D eigenvalue weighted by Crippen LogP contribution is -1.94. The predicted molar refractivity (Wildman–Crippen MR) is 60.9 cm³/mol. The lowest BCUT2D eigenvalue weighted by molar-refractivity contribution is -0.387. The SMILES string of the molecule is COc1cc(SO)c([N+](=O)[O-])cc1I. The van der Waals surface area contributed by atoms with Crippen LogP contribution < -0.4 is 4.74 Å². The Morgan fingerprint density at radius 2 is 2.29 bits per heavy atom. The molecule has 5 nitrogen and oxygen atoms in total. The van der Waals surface area contributed by atoms with Gasteiger partial charge in [-0.1, -0.05) is 0 Å². The molecule has 0 atom stereocenters. The second-order valence-electron chi connectivity index (χ2n) is 2.30. The van der Waals surface area contributed by atoms with Crippen LogP contribution in [0.15, 0.2) is 17.0 Å².